The molecule has 0 aromatic heterocycles. The Morgan fingerprint density at radius 1 is 0.300 bits per heavy atom. The number of unbranched alkanes of at least 4 members (excludes halogenated alkanes) is 22. The molecule has 0 radical (unpaired) electrons. The SMILES string of the molecule is CC/C=C\C/C=C\C/C=C\C/C=C\C/C=C\CCCCCCCCCCCC(=O)OCC(COC(=O)CCCCCCC/C=C\CCC)OC(=O)CCCCCCCCC/C=C\C/C=C\C/C=C\CC. The number of hydrogen-bond acceptors (Lipinski definition) is 6. The average molecular weight is 972 g/mol. The molecule has 0 rings (SSSR count). The Balaban J connectivity index is 4.30. The molecule has 0 amide bonds. The van der Waals surface area contributed by atoms with Crippen molar-refractivity contribution < 1.29 is 28.6 Å². The molecule has 0 aromatic rings. The summed E-state index contributed by atoms with van der Waals surface area (Å²) in [5.41, 5.74) is 0. The molecule has 70 heavy (non-hydrogen) atoms. The zero-order chi connectivity index (χ0) is 50.7. The molecule has 0 bridgehead atoms. The van der Waals surface area contributed by atoms with Crippen LogP contribution in [0.3, 0.4) is 0 Å². The van der Waals surface area contributed by atoms with E-state index in [1.807, 2.05) is 0 Å². The van der Waals surface area contributed by atoms with E-state index in [9.17, 15) is 14.4 Å². The van der Waals surface area contributed by atoms with Gasteiger partial charge in [-0.25, -0.2) is 0 Å². The Hall–Kier alpha value is -3.93. The first-order chi connectivity index (χ1) is 34.5. The van der Waals surface area contributed by atoms with Crippen molar-refractivity contribution in [1.82, 2.24) is 0 Å². The minimum Gasteiger partial charge on any atom is -0.462 e. The van der Waals surface area contributed by atoms with E-state index < -0.39 is 6.10 Å². The molecule has 0 saturated heterocycles. The summed E-state index contributed by atoms with van der Waals surface area (Å²) < 4.78 is 16.8. The Morgan fingerprint density at radius 2 is 0.557 bits per heavy atom. The van der Waals surface area contributed by atoms with Crippen molar-refractivity contribution in [1.29, 1.82) is 0 Å². The third-order valence-electron chi connectivity index (χ3n) is 12.0. The standard InChI is InChI=1S/C64H106O6/c1-4-7-10-13-16-19-22-24-26-28-29-30-31-32-33-34-35-37-38-40-42-45-48-51-54-57-63(66)69-60-61(59-68-62(65)56-53-50-47-44-21-18-15-12-9-6-3)70-64(67)58-55-52-49-46-43-41-39-36-27-25-23-20-17-14-11-8-5-2/h7-8,10-12,15-17,19-20,24-27,29-30,32-33,61H,4-6,9,13-14,18,21-23,28,31,34-60H2,1-3H3/b10-7-,11-8-,15-12-,19-16-,20-17-,26-24-,27-25-,30-29-,33-32-. The van der Waals surface area contributed by atoms with Gasteiger partial charge in [-0.15, -0.1) is 0 Å². The summed E-state index contributed by atoms with van der Waals surface area (Å²) in [6.07, 6.45) is 78.0. The molecule has 6 nitrogen and oxygen atoms in total. The molecular weight excluding hydrogens is 865 g/mol. The fourth-order valence-corrected chi connectivity index (χ4v) is 7.72. The predicted molar refractivity (Wildman–Crippen MR) is 302 cm³/mol. The molecule has 0 aliphatic carbocycles. The van der Waals surface area contributed by atoms with Crippen LogP contribution < -0.4 is 0 Å². The maximum Gasteiger partial charge on any atom is 0.306 e. The van der Waals surface area contributed by atoms with Gasteiger partial charge >= 0.3 is 17.9 Å². The highest BCUT2D eigenvalue weighted by Crippen LogP contribution is 2.15. The lowest BCUT2D eigenvalue weighted by atomic mass is 10.1. The van der Waals surface area contributed by atoms with Crippen LogP contribution in [0.2, 0.25) is 0 Å². The lowest BCUT2D eigenvalue weighted by Gasteiger charge is -2.18. The van der Waals surface area contributed by atoms with Gasteiger partial charge in [0.1, 0.15) is 13.2 Å². The third-order valence-corrected chi connectivity index (χ3v) is 12.0. The van der Waals surface area contributed by atoms with Gasteiger partial charge in [0, 0.05) is 19.3 Å². The summed E-state index contributed by atoms with van der Waals surface area (Å²) >= 11 is 0. The maximum atomic E-state index is 12.8. The topological polar surface area (TPSA) is 78.9 Å². The predicted octanol–water partition coefficient (Wildman–Crippen LogP) is 19.5. The molecule has 0 N–H and O–H groups in total. The monoisotopic (exact) mass is 971 g/mol. The second-order valence-electron chi connectivity index (χ2n) is 18.8. The fraction of sp³-hybridized carbons (Fsp3) is 0.672. The van der Waals surface area contributed by atoms with Crippen molar-refractivity contribution in [2.75, 3.05) is 13.2 Å². The minimum absolute atomic E-state index is 0.0891. The van der Waals surface area contributed by atoms with Crippen LogP contribution in [0.5, 0.6) is 0 Å². The summed E-state index contributed by atoms with van der Waals surface area (Å²) in [7, 11) is 0. The second kappa shape index (κ2) is 57.6. The zero-order valence-electron chi connectivity index (χ0n) is 45.5. The van der Waals surface area contributed by atoms with E-state index in [1.54, 1.807) is 0 Å². The number of ether oxygens (including phenoxy) is 3. The Bertz CT molecular complexity index is 1440. The van der Waals surface area contributed by atoms with Gasteiger partial charge in [0.05, 0.1) is 0 Å². The quantitative estimate of drug-likeness (QED) is 0.0262. The number of rotatable bonds is 51. The van der Waals surface area contributed by atoms with Crippen LogP contribution >= 0.6 is 0 Å². The van der Waals surface area contributed by atoms with Gasteiger partial charge in [0.25, 0.3) is 0 Å². The molecule has 0 aliphatic heterocycles. The summed E-state index contributed by atoms with van der Waals surface area (Å²) in [4.78, 5) is 38.1. The van der Waals surface area contributed by atoms with Gasteiger partial charge in [-0.3, -0.25) is 14.4 Å². The van der Waals surface area contributed by atoms with Crippen LogP contribution in [0.1, 0.15) is 258 Å². The summed E-state index contributed by atoms with van der Waals surface area (Å²) in [6, 6.07) is 0. The molecule has 1 unspecified atom stereocenters. The van der Waals surface area contributed by atoms with Crippen molar-refractivity contribution in [3.63, 3.8) is 0 Å². The number of allylic oxidation sites excluding steroid dienone is 18. The van der Waals surface area contributed by atoms with E-state index in [0.717, 1.165) is 141 Å². The van der Waals surface area contributed by atoms with E-state index in [-0.39, 0.29) is 31.1 Å². The van der Waals surface area contributed by atoms with E-state index >= 15 is 0 Å². The van der Waals surface area contributed by atoms with E-state index in [4.69, 9.17) is 14.2 Å². The highest BCUT2D eigenvalue weighted by Gasteiger charge is 2.19. The van der Waals surface area contributed by atoms with E-state index in [1.165, 1.54) is 77.0 Å². The number of carbonyl (C=O) groups is 3. The van der Waals surface area contributed by atoms with Gasteiger partial charge in [0.15, 0.2) is 6.10 Å². The average Bonchev–Trinajstić information content (AvgIpc) is 3.36. The van der Waals surface area contributed by atoms with Crippen molar-refractivity contribution in [2.45, 2.75) is 264 Å². The third kappa shape index (κ3) is 55.0. The lowest BCUT2D eigenvalue weighted by Crippen LogP contribution is -2.30. The number of hydrogen-bond donors (Lipinski definition) is 0. The number of esters is 3. The van der Waals surface area contributed by atoms with E-state index in [0.29, 0.717) is 19.3 Å². The van der Waals surface area contributed by atoms with Crippen molar-refractivity contribution >= 4 is 17.9 Å². The van der Waals surface area contributed by atoms with Crippen LogP contribution in [0, 0.1) is 0 Å². The molecule has 0 aliphatic rings. The van der Waals surface area contributed by atoms with E-state index in [2.05, 4.69) is 130 Å². The van der Waals surface area contributed by atoms with Crippen LogP contribution in [-0.2, 0) is 28.6 Å². The smallest absolute Gasteiger partial charge is 0.306 e. The molecule has 0 aromatic carbocycles. The number of carbonyl (C=O) groups excluding carboxylic acids is 3. The maximum absolute atomic E-state index is 12.8. The molecule has 1 atom stereocenters. The fourth-order valence-electron chi connectivity index (χ4n) is 7.72. The molecule has 0 heterocycles. The van der Waals surface area contributed by atoms with Crippen molar-refractivity contribution in [3.8, 4) is 0 Å². The summed E-state index contributed by atoms with van der Waals surface area (Å²) in [5, 5.41) is 0. The normalized spacial score (nSPS) is 12.9. The van der Waals surface area contributed by atoms with Gasteiger partial charge in [-0.2, -0.15) is 0 Å². The molecule has 6 heteroatoms. The first-order valence-electron chi connectivity index (χ1n) is 28.9. The molecule has 398 valence electrons. The highest BCUT2D eigenvalue weighted by atomic mass is 16.6. The van der Waals surface area contributed by atoms with Gasteiger partial charge in [0.2, 0.25) is 0 Å². The van der Waals surface area contributed by atoms with Crippen molar-refractivity contribution in [2.24, 2.45) is 0 Å². The minimum atomic E-state index is -0.790. The molecular formula is C64H106O6. The van der Waals surface area contributed by atoms with Gasteiger partial charge in [-0.05, 0) is 116 Å². The Morgan fingerprint density at radius 3 is 0.886 bits per heavy atom. The summed E-state index contributed by atoms with van der Waals surface area (Å²) in [6.45, 7) is 6.33. The Labute approximate surface area is 431 Å². The molecule has 0 fully saturated rings. The van der Waals surface area contributed by atoms with Crippen LogP contribution in [0.15, 0.2) is 109 Å². The first kappa shape index (κ1) is 66.1. The van der Waals surface area contributed by atoms with Crippen LogP contribution in [0.4, 0.5) is 0 Å². The van der Waals surface area contributed by atoms with Gasteiger partial charge in [-0.1, -0.05) is 233 Å². The summed E-state index contributed by atoms with van der Waals surface area (Å²) in [5.74, 6) is -0.915. The molecule has 0 spiro atoms. The largest absolute Gasteiger partial charge is 0.462 e. The Kier molecular flexibility index (Phi) is 54.4. The zero-order valence-corrected chi connectivity index (χ0v) is 45.5. The second-order valence-corrected chi connectivity index (χ2v) is 18.8. The molecule has 0 saturated carbocycles. The lowest BCUT2D eigenvalue weighted by molar-refractivity contribution is -0.167. The highest BCUT2D eigenvalue weighted by molar-refractivity contribution is 5.71. The first-order valence-corrected chi connectivity index (χ1v) is 28.9. The van der Waals surface area contributed by atoms with Crippen molar-refractivity contribution in [3.05, 3.63) is 109 Å². The van der Waals surface area contributed by atoms with Gasteiger partial charge < -0.3 is 14.2 Å². The van der Waals surface area contributed by atoms with Crippen LogP contribution in [0.25, 0.3) is 0 Å². The van der Waals surface area contributed by atoms with Crippen LogP contribution in [-0.4, -0.2) is 37.2 Å².